The minimum Gasteiger partial charge on any atom is -0.481 e. The molecule has 2 atom stereocenters. The molecule has 1 aromatic carbocycles. The van der Waals surface area contributed by atoms with Crippen molar-refractivity contribution in [3.05, 3.63) is 53.6 Å². The third-order valence-corrected chi connectivity index (χ3v) is 7.29. The predicted molar refractivity (Wildman–Crippen MR) is 126 cm³/mol. The maximum atomic E-state index is 13.8. The lowest BCUT2D eigenvalue weighted by atomic mass is 9.79. The van der Waals surface area contributed by atoms with E-state index in [-0.39, 0.29) is 18.2 Å². The predicted octanol–water partition coefficient (Wildman–Crippen LogP) is 5.59. The van der Waals surface area contributed by atoms with Crippen LogP contribution in [0.2, 0.25) is 0 Å². The first kappa shape index (κ1) is 22.1. The molecule has 1 saturated carbocycles. The summed E-state index contributed by atoms with van der Waals surface area (Å²) in [5.74, 6) is -1.16. The highest BCUT2D eigenvalue weighted by Crippen LogP contribution is 2.52. The second-order valence-electron chi connectivity index (χ2n) is 10.3. The molecule has 1 aliphatic carbocycles. The molecule has 1 aliphatic rings. The number of aromatic nitrogens is 4. The van der Waals surface area contributed by atoms with Gasteiger partial charge < -0.3 is 9.67 Å². The summed E-state index contributed by atoms with van der Waals surface area (Å²) >= 11 is 0. The Balaban J connectivity index is 1.88. The van der Waals surface area contributed by atoms with Gasteiger partial charge in [-0.15, -0.1) is 0 Å². The number of pyridine rings is 1. The lowest BCUT2D eigenvalue weighted by Gasteiger charge is -2.28. The van der Waals surface area contributed by atoms with Gasteiger partial charge in [0.1, 0.15) is 5.82 Å². The maximum absolute atomic E-state index is 13.8. The summed E-state index contributed by atoms with van der Waals surface area (Å²) < 4.78 is 15.9. The molecule has 2 N–H and O–H groups in total. The fraction of sp³-hybridized carbons (Fsp3) is 0.385. The Labute approximate surface area is 196 Å². The number of nitrogens with zero attached hydrogens (tertiary/aromatic N) is 4. The van der Waals surface area contributed by atoms with Crippen molar-refractivity contribution in [2.45, 2.75) is 57.8 Å². The number of carbonyl (C=O) groups is 1. The molecule has 174 valence electrons. The number of carboxylic acids is 1. The lowest BCUT2D eigenvalue weighted by molar-refractivity contribution is -0.147. The summed E-state index contributed by atoms with van der Waals surface area (Å²) in [6, 6.07) is 10.6. The zero-order valence-electron chi connectivity index (χ0n) is 19.4. The standard InChI is InChI=1S/C26H26FN5O2/c1-25(2,10-11-28)22-20(15-8-9-26(3,13-15)24(33)34)21-19(12-16-14-29-31-23(16)30-21)32(22)18-6-4-17(27)5-7-18/h4-7,12,14-15H,8-10,13H2,1-3H3,(H,33,34)(H,29,30,31)/t15-,26-/m1/s1. The van der Waals surface area contributed by atoms with Gasteiger partial charge in [0.2, 0.25) is 0 Å². The largest absolute Gasteiger partial charge is 0.481 e. The van der Waals surface area contributed by atoms with Gasteiger partial charge in [-0.1, -0.05) is 13.8 Å². The number of hydrogen-bond acceptors (Lipinski definition) is 4. The number of benzene rings is 1. The highest BCUT2D eigenvalue weighted by Gasteiger charge is 2.45. The number of nitriles is 1. The van der Waals surface area contributed by atoms with Crippen LogP contribution in [0, 0.1) is 22.6 Å². The van der Waals surface area contributed by atoms with E-state index in [9.17, 15) is 19.6 Å². The SMILES string of the molecule is CC(C)(CC#N)c1c([C@@H]2CC[C@@](C)(C(=O)O)C2)c2nc3[nH]ncc3cc2n1-c1ccc(F)cc1. The van der Waals surface area contributed by atoms with Crippen LogP contribution in [0.3, 0.4) is 0 Å². The first-order chi connectivity index (χ1) is 16.1. The van der Waals surface area contributed by atoms with E-state index in [4.69, 9.17) is 4.98 Å². The number of hydrogen-bond donors (Lipinski definition) is 2. The van der Waals surface area contributed by atoms with Crippen molar-refractivity contribution in [1.29, 1.82) is 5.26 Å². The maximum Gasteiger partial charge on any atom is 0.309 e. The molecule has 7 nitrogen and oxygen atoms in total. The number of rotatable bonds is 5. The molecule has 0 amide bonds. The highest BCUT2D eigenvalue weighted by atomic mass is 19.1. The Hall–Kier alpha value is -3.73. The summed E-state index contributed by atoms with van der Waals surface area (Å²) in [7, 11) is 0. The Bertz CT molecular complexity index is 1460. The Kier molecular flexibility index (Phi) is 4.97. The summed E-state index contributed by atoms with van der Waals surface area (Å²) in [5.41, 5.74) is 3.53. The number of H-pyrrole nitrogens is 1. The van der Waals surface area contributed by atoms with Crippen molar-refractivity contribution in [3.63, 3.8) is 0 Å². The van der Waals surface area contributed by atoms with Gasteiger partial charge in [-0.05, 0) is 62.4 Å². The third kappa shape index (κ3) is 3.35. The summed E-state index contributed by atoms with van der Waals surface area (Å²) in [4.78, 5) is 17.0. The van der Waals surface area contributed by atoms with Crippen molar-refractivity contribution in [1.82, 2.24) is 19.7 Å². The Morgan fingerprint density at radius 3 is 2.76 bits per heavy atom. The van der Waals surface area contributed by atoms with E-state index in [2.05, 4.69) is 20.8 Å². The minimum absolute atomic E-state index is 0.0360. The van der Waals surface area contributed by atoms with Crippen LogP contribution in [-0.4, -0.2) is 30.8 Å². The molecule has 0 saturated heterocycles. The van der Waals surface area contributed by atoms with E-state index >= 15 is 0 Å². The van der Waals surface area contributed by atoms with Crippen molar-refractivity contribution in [3.8, 4) is 11.8 Å². The van der Waals surface area contributed by atoms with E-state index in [0.717, 1.165) is 33.4 Å². The van der Waals surface area contributed by atoms with Crippen molar-refractivity contribution in [2.24, 2.45) is 5.41 Å². The smallest absolute Gasteiger partial charge is 0.309 e. The van der Waals surface area contributed by atoms with Crippen LogP contribution >= 0.6 is 0 Å². The van der Waals surface area contributed by atoms with Crippen LogP contribution in [0.4, 0.5) is 4.39 Å². The lowest BCUT2D eigenvalue weighted by Crippen LogP contribution is -2.25. The Morgan fingerprint density at radius 1 is 1.38 bits per heavy atom. The molecule has 0 aliphatic heterocycles. The molecule has 5 rings (SSSR count). The average Bonchev–Trinajstić information content (AvgIpc) is 3.48. The Morgan fingerprint density at radius 2 is 2.12 bits per heavy atom. The fourth-order valence-electron chi connectivity index (χ4n) is 5.47. The van der Waals surface area contributed by atoms with Crippen LogP contribution in [-0.2, 0) is 10.2 Å². The monoisotopic (exact) mass is 459 g/mol. The molecular formula is C26H26FN5O2. The molecule has 3 aromatic heterocycles. The van der Waals surface area contributed by atoms with Crippen molar-refractivity contribution < 1.29 is 14.3 Å². The van der Waals surface area contributed by atoms with Gasteiger partial charge in [-0.2, -0.15) is 10.4 Å². The number of aromatic amines is 1. The molecule has 0 radical (unpaired) electrons. The number of carboxylic acid groups (broad SMARTS) is 1. The van der Waals surface area contributed by atoms with E-state index in [0.29, 0.717) is 24.9 Å². The van der Waals surface area contributed by atoms with Gasteiger partial charge in [0.25, 0.3) is 0 Å². The number of nitrogens with one attached hydrogen (secondary N) is 1. The van der Waals surface area contributed by atoms with Gasteiger partial charge in [0.05, 0.1) is 28.7 Å². The summed E-state index contributed by atoms with van der Waals surface area (Å²) in [6.45, 7) is 5.84. The molecule has 0 spiro atoms. The van der Waals surface area contributed by atoms with Gasteiger partial charge in [-0.3, -0.25) is 9.89 Å². The number of aliphatic carboxylic acids is 1. The second kappa shape index (κ2) is 7.66. The van der Waals surface area contributed by atoms with Gasteiger partial charge in [0.15, 0.2) is 5.65 Å². The van der Waals surface area contributed by atoms with Crippen LogP contribution in [0.25, 0.3) is 27.8 Å². The van der Waals surface area contributed by atoms with E-state index < -0.39 is 16.8 Å². The first-order valence-electron chi connectivity index (χ1n) is 11.4. The van der Waals surface area contributed by atoms with Crippen LogP contribution < -0.4 is 0 Å². The van der Waals surface area contributed by atoms with Gasteiger partial charge >= 0.3 is 5.97 Å². The van der Waals surface area contributed by atoms with E-state index in [1.54, 1.807) is 25.3 Å². The highest BCUT2D eigenvalue weighted by molar-refractivity contribution is 5.94. The van der Waals surface area contributed by atoms with Crippen molar-refractivity contribution >= 4 is 28.0 Å². The zero-order valence-corrected chi connectivity index (χ0v) is 19.4. The number of halogens is 1. The summed E-state index contributed by atoms with van der Waals surface area (Å²) in [6.07, 6.45) is 3.74. The topological polar surface area (TPSA) is 108 Å². The average molecular weight is 460 g/mol. The normalized spacial score (nSPS) is 20.7. The van der Waals surface area contributed by atoms with Crippen LogP contribution in [0.5, 0.6) is 0 Å². The molecule has 8 heteroatoms. The second-order valence-corrected chi connectivity index (χ2v) is 10.3. The molecule has 3 heterocycles. The molecular weight excluding hydrogens is 433 g/mol. The molecule has 1 fully saturated rings. The van der Waals surface area contributed by atoms with Crippen LogP contribution in [0.15, 0.2) is 36.5 Å². The van der Waals surface area contributed by atoms with Gasteiger partial charge in [-0.25, -0.2) is 9.37 Å². The van der Waals surface area contributed by atoms with Gasteiger partial charge in [0, 0.05) is 34.2 Å². The van der Waals surface area contributed by atoms with Crippen molar-refractivity contribution in [2.75, 3.05) is 0 Å². The molecule has 0 unspecified atom stereocenters. The molecule has 0 bridgehead atoms. The number of fused-ring (bicyclic) bond motifs is 2. The zero-order chi connectivity index (χ0) is 24.3. The van der Waals surface area contributed by atoms with E-state index in [1.807, 2.05) is 19.9 Å². The quantitative estimate of drug-likeness (QED) is 0.404. The van der Waals surface area contributed by atoms with E-state index in [1.165, 1.54) is 12.1 Å². The van der Waals surface area contributed by atoms with Crippen LogP contribution in [0.1, 0.15) is 63.6 Å². The molecule has 4 aromatic rings. The first-order valence-corrected chi connectivity index (χ1v) is 11.4. The third-order valence-electron chi connectivity index (χ3n) is 7.29. The minimum atomic E-state index is -0.816. The fourth-order valence-corrected chi connectivity index (χ4v) is 5.47. The summed E-state index contributed by atoms with van der Waals surface area (Å²) in [5, 5.41) is 27.4. The molecule has 34 heavy (non-hydrogen) atoms.